The molecule has 0 bridgehead atoms. The molecule has 8 heteroatoms. The monoisotopic (exact) mass is 390 g/mol. The summed E-state index contributed by atoms with van der Waals surface area (Å²) < 4.78 is 31.8. The van der Waals surface area contributed by atoms with Crippen molar-refractivity contribution < 1.29 is 13.0 Å². The molecule has 0 atom stereocenters. The van der Waals surface area contributed by atoms with E-state index in [0.717, 1.165) is 5.56 Å². The maximum Gasteiger partial charge on any atom is 0.294 e. The first kappa shape index (κ1) is 17.9. The lowest BCUT2D eigenvalue weighted by Crippen LogP contribution is -2.01. The highest BCUT2D eigenvalue weighted by molar-refractivity contribution is 7.85. The number of hydrogen-bond donors (Lipinski definition) is 1. The maximum absolute atomic E-state index is 11.3. The summed E-state index contributed by atoms with van der Waals surface area (Å²) in [7, 11) is -4.27. The smallest absolute Gasteiger partial charge is 0.282 e. The zero-order chi connectivity index (χ0) is 19.6. The lowest BCUT2D eigenvalue weighted by atomic mass is 10.0. The quantitative estimate of drug-likeness (QED) is 0.531. The Labute approximate surface area is 161 Å². The summed E-state index contributed by atoms with van der Waals surface area (Å²) in [5.74, 6) is 0.356. The van der Waals surface area contributed by atoms with Gasteiger partial charge < -0.3 is 0 Å². The van der Waals surface area contributed by atoms with E-state index in [1.165, 1.54) is 12.1 Å². The molecule has 4 aromatic rings. The molecule has 0 aliphatic rings. The minimum absolute atomic E-state index is 0.190. The van der Waals surface area contributed by atoms with Gasteiger partial charge in [0.1, 0.15) is 17.1 Å². The fraction of sp³-hybridized carbons (Fsp3) is 0. The Morgan fingerprint density at radius 1 is 0.714 bits per heavy atom. The molecule has 0 saturated carbocycles. The van der Waals surface area contributed by atoms with E-state index in [2.05, 4.69) is 20.2 Å². The third-order valence-corrected chi connectivity index (χ3v) is 4.92. The molecule has 0 saturated heterocycles. The van der Waals surface area contributed by atoms with Crippen LogP contribution in [0.25, 0.3) is 34.0 Å². The number of hydrogen-bond acceptors (Lipinski definition) is 6. The number of rotatable bonds is 4. The van der Waals surface area contributed by atoms with Crippen LogP contribution < -0.4 is 0 Å². The predicted molar refractivity (Wildman–Crippen MR) is 104 cm³/mol. The Bertz CT molecular complexity index is 1210. The second-order valence-electron chi connectivity index (χ2n) is 5.91. The maximum atomic E-state index is 11.3. The largest absolute Gasteiger partial charge is 0.294 e. The first-order valence-corrected chi connectivity index (χ1v) is 9.76. The molecule has 7 nitrogen and oxygen atoms in total. The second kappa shape index (κ2) is 7.26. The van der Waals surface area contributed by atoms with E-state index in [4.69, 9.17) is 0 Å². The fourth-order valence-electron chi connectivity index (χ4n) is 2.71. The van der Waals surface area contributed by atoms with Crippen molar-refractivity contribution in [2.24, 2.45) is 0 Å². The number of aromatic nitrogens is 4. The van der Waals surface area contributed by atoms with Gasteiger partial charge in [-0.05, 0) is 24.3 Å². The molecule has 2 heterocycles. The molecule has 0 aliphatic carbocycles. The van der Waals surface area contributed by atoms with E-state index < -0.39 is 10.1 Å². The van der Waals surface area contributed by atoms with E-state index in [1.54, 1.807) is 30.5 Å². The first-order valence-electron chi connectivity index (χ1n) is 8.32. The van der Waals surface area contributed by atoms with Crippen molar-refractivity contribution in [3.8, 4) is 34.0 Å². The van der Waals surface area contributed by atoms with E-state index in [-0.39, 0.29) is 4.90 Å². The molecule has 2 aromatic carbocycles. The Morgan fingerprint density at radius 3 is 2.04 bits per heavy atom. The number of benzene rings is 2. The highest BCUT2D eigenvalue weighted by Gasteiger charge is 2.16. The molecule has 2 aromatic heterocycles. The Hall–Kier alpha value is -3.49. The Morgan fingerprint density at radius 2 is 1.39 bits per heavy atom. The Balaban J connectivity index is 1.89. The standard InChI is InChI=1S/C20H14N4O3S/c25-28(26,27)16-11-9-15(10-12-16)18-19(14-6-2-1-3-7-14)23-24-20(22-18)17-8-4-5-13-21-17/h1-13H,(H,25,26,27). The van der Waals surface area contributed by atoms with E-state index in [0.29, 0.717) is 28.5 Å². The summed E-state index contributed by atoms with van der Waals surface area (Å²) in [5.41, 5.74) is 3.12. The van der Waals surface area contributed by atoms with Crippen LogP contribution in [-0.2, 0) is 10.1 Å². The lowest BCUT2D eigenvalue weighted by Gasteiger charge is -2.10. The third kappa shape index (κ3) is 3.64. The zero-order valence-corrected chi connectivity index (χ0v) is 15.3. The second-order valence-corrected chi connectivity index (χ2v) is 7.33. The van der Waals surface area contributed by atoms with Crippen LogP contribution in [0.4, 0.5) is 0 Å². The van der Waals surface area contributed by atoms with Crippen LogP contribution in [0.15, 0.2) is 83.9 Å². The first-order chi connectivity index (χ1) is 13.5. The van der Waals surface area contributed by atoms with Crippen LogP contribution in [0.3, 0.4) is 0 Å². The highest BCUT2D eigenvalue weighted by Crippen LogP contribution is 2.30. The zero-order valence-electron chi connectivity index (χ0n) is 14.5. The SMILES string of the molecule is O=S(=O)(O)c1ccc(-c2nc(-c3ccccn3)nnc2-c2ccccc2)cc1. The van der Waals surface area contributed by atoms with Gasteiger partial charge in [0.05, 0.1) is 4.90 Å². The van der Waals surface area contributed by atoms with Crippen molar-refractivity contribution in [3.63, 3.8) is 0 Å². The van der Waals surface area contributed by atoms with Gasteiger partial charge in [-0.25, -0.2) is 4.98 Å². The van der Waals surface area contributed by atoms with Gasteiger partial charge in [-0.1, -0.05) is 48.5 Å². The predicted octanol–water partition coefficient (Wildman–Crippen LogP) is 3.51. The average Bonchev–Trinajstić information content (AvgIpc) is 2.74. The van der Waals surface area contributed by atoms with Crippen molar-refractivity contribution in [1.82, 2.24) is 20.2 Å². The fourth-order valence-corrected chi connectivity index (χ4v) is 3.19. The number of nitrogens with zero attached hydrogens (tertiary/aromatic N) is 4. The molecular weight excluding hydrogens is 376 g/mol. The van der Waals surface area contributed by atoms with Gasteiger partial charge in [0, 0.05) is 17.3 Å². The summed E-state index contributed by atoms with van der Waals surface area (Å²) in [6.07, 6.45) is 1.64. The van der Waals surface area contributed by atoms with Crippen LogP contribution in [0.5, 0.6) is 0 Å². The third-order valence-electron chi connectivity index (χ3n) is 4.05. The molecule has 0 radical (unpaired) electrons. The van der Waals surface area contributed by atoms with Crippen molar-refractivity contribution in [1.29, 1.82) is 0 Å². The molecular formula is C20H14N4O3S. The van der Waals surface area contributed by atoms with Crippen molar-refractivity contribution in [2.45, 2.75) is 4.90 Å². The summed E-state index contributed by atoms with van der Waals surface area (Å²) in [6.45, 7) is 0. The lowest BCUT2D eigenvalue weighted by molar-refractivity contribution is 0.483. The van der Waals surface area contributed by atoms with Crippen LogP contribution in [0, 0.1) is 0 Å². The summed E-state index contributed by atoms with van der Waals surface area (Å²) in [6, 6.07) is 20.6. The summed E-state index contributed by atoms with van der Waals surface area (Å²) >= 11 is 0. The minimum atomic E-state index is -4.27. The van der Waals surface area contributed by atoms with E-state index in [9.17, 15) is 13.0 Å². The van der Waals surface area contributed by atoms with E-state index >= 15 is 0 Å². The van der Waals surface area contributed by atoms with Crippen LogP contribution in [-0.4, -0.2) is 33.1 Å². The molecule has 4 rings (SSSR count). The van der Waals surface area contributed by atoms with Crippen molar-refractivity contribution >= 4 is 10.1 Å². The van der Waals surface area contributed by atoms with Gasteiger partial charge in [-0.3, -0.25) is 9.54 Å². The Kier molecular flexibility index (Phi) is 4.64. The topological polar surface area (TPSA) is 106 Å². The summed E-state index contributed by atoms with van der Waals surface area (Å²) in [5, 5.41) is 8.56. The van der Waals surface area contributed by atoms with Gasteiger partial charge in [0.15, 0.2) is 0 Å². The average molecular weight is 390 g/mol. The van der Waals surface area contributed by atoms with Crippen LogP contribution >= 0.6 is 0 Å². The van der Waals surface area contributed by atoms with Crippen molar-refractivity contribution in [2.75, 3.05) is 0 Å². The molecule has 0 spiro atoms. The van der Waals surface area contributed by atoms with Gasteiger partial charge in [0.2, 0.25) is 5.82 Å². The van der Waals surface area contributed by atoms with Crippen molar-refractivity contribution in [3.05, 3.63) is 79.0 Å². The minimum Gasteiger partial charge on any atom is -0.282 e. The van der Waals surface area contributed by atoms with Gasteiger partial charge in [0.25, 0.3) is 10.1 Å². The summed E-state index contributed by atoms with van der Waals surface area (Å²) in [4.78, 5) is 8.70. The molecule has 28 heavy (non-hydrogen) atoms. The molecule has 138 valence electrons. The highest BCUT2D eigenvalue weighted by atomic mass is 32.2. The number of pyridine rings is 1. The molecule has 1 N–H and O–H groups in total. The molecule has 0 amide bonds. The molecule has 0 unspecified atom stereocenters. The molecule has 0 fully saturated rings. The van der Waals surface area contributed by atoms with Gasteiger partial charge in [-0.2, -0.15) is 8.42 Å². The normalized spacial score (nSPS) is 11.3. The van der Waals surface area contributed by atoms with Gasteiger partial charge in [-0.15, -0.1) is 10.2 Å². The van der Waals surface area contributed by atoms with Gasteiger partial charge >= 0.3 is 0 Å². The molecule has 0 aliphatic heterocycles. The van der Waals surface area contributed by atoms with Crippen LogP contribution in [0.2, 0.25) is 0 Å². The van der Waals surface area contributed by atoms with E-state index in [1.807, 2.05) is 36.4 Å². The van der Waals surface area contributed by atoms with Crippen LogP contribution in [0.1, 0.15) is 0 Å².